The Hall–Kier alpha value is -4.30. The standard InChI is InChI=1S/C29H28FN3O4/c1-20-15-24(33-32-20)17-29(35)31-27(19-36-18-22-5-3-2-4-6-22)28(34)16-21-7-11-25(12-8-21)37-26-13-9-23(30)10-14-26/h2-15,27H,16-19H2,1H3,(H,31,35)(H,32,33)/t27-/m0/s1. The van der Waals surface area contributed by atoms with Gasteiger partial charge in [0.1, 0.15) is 23.4 Å². The maximum atomic E-state index is 13.2. The van der Waals surface area contributed by atoms with Gasteiger partial charge in [-0.2, -0.15) is 5.10 Å². The molecule has 0 fully saturated rings. The Balaban J connectivity index is 1.37. The molecule has 1 heterocycles. The molecule has 0 aliphatic heterocycles. The number of nitrogens with zero attached hydrogens (tertiary/aromatic N) is 1. The average molecular weight is 502 g/mol. The van der Waals surface area contributed by atoms with E-state index in [2.05, 4.69) is 15.5 Å². The van der Waals surface area contributed by atoms with Crippen LogP contribution in [0.5, 0.6) is 11.5 Å². The van der Waals surface area contributed by atoms with E-state index in [1.807, 2.05) is 37.3 Å². The van der Waals surface area contributed by atoms with Crippen molar-refractivity contribution in [2.75, 3.05) is 6.61 Å². The second kappa shape index (κ2) is 12.6. The smallest absolute Gasteiger partial charge is 0.226 e. The molecule has 0 radical (unpaired) electrons. The summed E-state index contributed by atoms with van der Waals surface area (Å²) in [5, 5.41) is 9.70. The highest BCUT2D eigenvalue weighted by atomic mass is 19.1. The van der Waals surface area contributed by atoms with Gasteiger partial charge in [-0.25, -0.2) is 4.39 Å². The molecule has 1 amide bonds. The van der Waals surface area contributed by atoms with E-state index in [0.717, 1.165) is 16.8 Å². The van der Waals surface area contributed by atoms with Crippen LogP contribution in [0.2, 0.25) is 0 Å². The topological polar surface area (TPSA) is 93.3 Å². The van der Waals surface area contributed by atoms with Crippen LogP contribution in [-0.2, 0) is 33.8 Å². The molecular weight excluding hydrogens is 473 g/mol. The van der Waals surface area contributed by atoms with E-state index in [1.165, 1.54) is 12.1 Å². The SMILES string of the molecule is Cc1cc(CC(=O)N[C@@H](COCc2ccccc2)C(=O)Cc2ccc(Oc3ccc(F)cc3)cc2)n[nH]1. The van der Waals surface area contributed by atoms with E-state index in [0.29, 0.717) is 23.8 Å². The number of rotatable bonds is 12. The number of aromatic amines is 1. The number of Topliss-reactive ketones (excluding diaryl/α,β-unsaturated/α-hetero) is 1. The van der Waals surface area contributed by atoms with Crippen LogP contribution in [0.15, 0.2) is 84.9 Å². The molecule has 1 atom stereocenters. The summed E-state index contributed by atoms with van der Waals surface area (Å²) in [6.45, 7) is 2.23. The zero-order valence-electron chi connectivity index (χ0n) is 20.4. The van der Waals surface area contributed by atoms with Crippen LogP contribution in [0, 0.1) is 12.7 Å². The molecule has 37 heavy (non-hydrogen) atoms. The lowest BCUT2D eigenvalue weighted by molar-refractivity contribution is -0.128. The Morgan fingerprint density at radius 2 is 1.59 bits per heavy atom. The number of aryl methyl sites for hydroxylation is 1. The third kappa shape index (κ3) is 8.12. The fraction of sp³-hybridized carbons (Fsp3) is 0.207. The number of aromatic nitrogens is 2. The van der Waals surface area contributed by atoms with Crippen molar-refractivity contribution in [2.24, 2.45) is 0 Å². The Kier molecular flexibility index (Phi) is 8.78. The van der Waals surface area contributed by atoms with Crippen molar-refractivity contribution in [1.82, 2.24) is 15.5 Å². The molecule has 190 valence electrons. The summed E-state index contributed by atoms with van der Waals surface area (Å²) in [6, 6.07) is 23.4. The number of carbonyl (C=O) groups is 2. The molecular formula is C29H28FN3O4. The number of hydrogen-bond donors (Lipinski definition) is 2. The van der Waals surface area contributed by atoms with Gasteiger partial charge in [0.15, 0.2) is 5.78 Å². The van der Waals surface area contributed by atoms with Crippen LogP contribution in [0.3, 0.4) is 0 Å². The van der Waals surface area contributed by atoms with Crippen molar-refractivity contribution < 1.29 is 23.5 Å². The van der Waals surface area contributed by atoms with Crippen LogP contribution in [0.4, 0.5) is 4.39 Å². The monoisotopic (exact) mass is 501 g/mol. The lowest BCUT2D eigenvalue weighted by Gasteiger charge is -2.18. The van der Waals surface area contributed by atoms with Crippen LogP contribution in [0.1, 0.15) is 22.5 Å². The molecule has 0 spiro atoms. The Labute approximate surface area is 214 Å². The first-order chi connectivity index (χ1) is 17.9. The first kappa shape index (κ1) is 25.8. The molecule has 2 N–H and O–H groups in total. The maximum Gasteiger partial charge on any atom is 0.226 e. The average Bonchev–Trinajstić information content (AvgIpc) is 3.30. The van der Waals surface area contributed by atoms with Gasteiger partial charge in [0, 0.05) is 12.1 Å². The number of hydrogen-bond acceptors (Lipinski definition) is 5. The van der Waals surface area contributed by atoms with Gasteiger partial charge in [0.05, 0.1) is 25.3 Å². The summed E-state index contributed by atoms with van der Waals surface area (Å²) in [7, 11) is 0. The van der Waals surface area contributed by atoms with Crippen molar-refractivity contribution in [2.45, 2.75) is 32.4 Å². The molecule has 0 aliphatic rings. The predicted molar refractivity (Wildman–Crippen MR) is 137 cm³/mol. The van der Waals surface area contributed by atoms with E-state index in [4.69, 9.17) is 9.47 Å². The number of carbonyl (C=O) groups excluding carboxylic acids is 2. The van der Waals surface area contributed by atoms with Gasteiger partial charge >= 0.3 is 0 Å². The lowest BCUT2D eigenvalue weighted by Crippen LogP contribution is -2.45. The highest BCUT2D eigenvalue weighted by molar-refractivity contribution is 5.91. The third-order valence-corrected chi connectivity index (χ3v) is 5.57. The van der Waals surface area contributed by atoms with Crippen LogP contribution in [-0.4, -0.2) is 34.5 Å². The number of amides is 1. The Morgan fingerprint density at radius 1 is 0.919 bits per heavy atom. The zero-order chi connectivity index (χ0) is 26.0. The predicted octanol–water partition coefficient (Wildman–Crippen LogP) is 4.71. The Morgan fingerprint density at radius 3 is 2.24 bits per heavy atom. The normalized spacial score (nSPS) is 11.6. The van der Waals surface area contributed by atoms with Crippen LogP contribution >= 0.6 is 0 Å². The lowest BCUT2D eigenvalue weighted by atomic mass is 10.0. The van der Waals surface area contributed by atoms with Gasteiger partial charge in [-0.15, -0.1) is 0 Å². The van der Waals surface area contributed by atoms with Crippen molar-refractivity contribution in [1.29, 1.82) is 0 Å². The van der Waals surface area contributed by atoms with Gasteiger partial charge in [-0.1, -0.05) is 42.5 Å². The summed E-state index contributed by atoms with van der Waals surface area (Å²) in [5.41, 5.74) is 3.20. The molecule has 8 heteroatoms. The minimum atomic E-state index is -0.814. The van der Waals surface area contributed by atoms with Crippen molar-refractivity contribution in [3.8, 4) is 11.5 Å². The fourth-order valence-electron chi connectivity index (χ4n) is 3.70. The quantitative estimate of drug-likeness (QED) is 0.293. The molecule has 0 saturated heterocycles. The largest absolute Gasteiger partial charge is 0.457 e. The molecule has 7 nitrogen and oxygen atoms in total. The number of halogens is 1. The van der Waals surface area contributed by atoms with Gasteiger partial charge in [0.25, 0.3) is 0 Å². The van der Waals surface area contributed by atoms with E-state index >= 15 is 0 Å². The number of benzene rings is 3. The second-order valence-corrected chi connectivity index (χ2v) is 8.68. The van der Waals surface area contributed by atoms with Crippen LogP contribution < -0.4 is 10.1 Å². The summed E-state index contributed by atoms with van der Waals surface area (Å²) < 4.78 is 24.6. The van der Waals surface area contributed by atoms with Gasteiger partial charge in [-0.3, -0.25) is 14.7 Å². The molecule has 0 unspecified atom stereocenters. The van der Waals surface area contributed by atoms with Gasteiger partial charge in [-0.05, 0) is 60.5 Å². The zero-order valence-corrected chi connectivity index (χ0v) is 20.4. The summed E-state index contributed by atoms with van der Waals surface area (Å²) >= 11 is 0. The molecule has 4 aromatic rings. The van der Waals surface area contributed by atoms with Crippen molar-refractivity contribution in [3.05, 3.63) is 113 Å². The molecule has 1 aromatic heterocycles. The van der Waals surface area contributed by atoms with E-state index in [-0.39, 0.29) is 37.0 Å². The van der Waals surface area contributed by atoms with Gasteiger partial charge < -0.3 is 14.8 Å². The maximum absolute atomic E-state index is 13.2. The number of H-pyrrole nitrogens is 1. The first-order valence-corrected chi connectivity index (χ1v) is 11.9. The third-order valence-electron chi connectivity index (χ3n) is 5.57. The van der Waals surface area contributed by atoms with Crippen molar-refractivity contribution >= 4 is 11.7 Å². The molecule has 4 rings (SSSR count). The minimum Gasteiger partial charge on any atom is -0.457 e. The van der Waals surface area contributed by atoms with Crippen molar-refractivity contribution in [3.63, 3.8) is 0 Å². The minimum absolute atomic E-state index is 0.0465. The molecule has 3 aromatic carbocycles. The number of ketones is 1. The first-order valence-electron chi connectivity index (χ1n) is 11.9. The van der Waals surface area contributed by atoms with Crippen LogP contribution in [0.25, 0.3) is 0 Å². The second-order valence-electron chi connectivity index (χ2n) is 8.68. The highest BCUT2D eigenvalue weighted by Gasteiger charge is 2.22. The summed E-state index contributed by atoms with van der Waals surface area (Å²) in [5.74, 6) is 0.252. The Bertz CT molecular complexity index is 1310. The summed E-state index contributed by atoms with van der Waals surface area (Å²) in [6.07, 6.45) is 0.167. The number of nitrogens with one attached hydrogen (secondary N) is 2. The summed E-state index contributed by atoms with van der Waals surface area (Å²) in [4.78, 5) is 25.8. The van der Waals surface area contributed by atoms with E-state index in [1.54, 1.807) is 42.5 Å². The highest BCUT2D eigenvalue weighted by Crippen LogP contribution is 2.22. The molecule has 0 aliphatic carbocycles. The molecule has 0 saturated carbocycles. The van der Waals surface area contributed by atoms with Gasteiger partial charge in [0.2, 0.25) is 5.91 Å². The number of ether oxygens (including phenoxy) is 2. The molecule has 0 bridgehead atoms. The van der Waals surface area contributed by atoms with E-state index < -0.39 is 6.04 Å². The fourth-order valence-corrected chi connectivity index (χ4v) is 3.70. The van der Waals surface area contributed by atoms with E-state index in [9.17, 15) is 14.0 Å².